The summed E-state index contributed by atoms with van der Waals surface area (Å²) in [6.07, 6.45) is 0.114. The lowest BCUT2D eigenvalue weighted by Crippen LogP contribution is -2.02. The van der Waals surface area contributed by atoms with E-state index in [1.807, 2.05) is 31.2 Å². The summed E-state index contributed by atoms with van der Waals surface area (Å²) in [7, 11) is 1.67. The molecule has 1 aromatic carbocycles. The molecule has 1 rings (SSSR count). The standard InChI is InChI=1S/C11H15BrO2/c1-9(14-7-6-12)10-4-3-5-11(8-10)13-2/h3-5,8-9H,6-7H2,1-2H3. The molecule has 1 atom stereocenters. The number of alkyl halides is 1. The first-order valence-corrected chi connectivity index (χ1v) is 5.71. The first-order valence-electron chi connectivity index (χ1n) is 4.59. The van der Waals surface area contributed by atoms with Crippen LogP contribution in [0.2, 0.25) is 0 Å². The van der Waals surface area contributed by atoms with Crippen molar-refractivity contribution in [3.05, 3.63) is 29.8 Å². The molecule has 0 aromatic heterocycles. The average Bonchev–Trinajstić information content (AvgIpc) is 2.26. The van der Waals surface area contributed by atoms with Crippen LogP contribution in [-0.2, 0) is 4.74 Å². The van der Waals surface area contributed by atoms with E-state index in [2.05, 4.69) is 15.9 Å². The molecule has 0 aliphatic carbocycles. The van der Waals surface area contributed by atoms with Crippen LogP contribution in [0.4, 0.5) is 0 Å². The van der Waals surface area contributed by atoms with Gasteiger partial charge in [-0.2, -0.15) is 0 Å². The molecule has 78 valence electrons. The zero-order chi connectivity index (χ0) is 10.4. The third-order valence-electron chi connectivity index (χ3n) is 2.01. The van der Waals surface area contributed by atoms with Crippen LogP contribution >= 0.6 is 15.9 Å². The summed E-state index contributed by atoms with van der Waals surface area (Å²) in [4.78, 5) is 0. The minimum Gasteiger partial charge on any atom is -0.497 e. The van der Waals surface area contributed by atoms with Crippen LogP contribution in [0.1, 0.15) is 18.6 Å². The van der Waals surface area contributed by atoms with Gasteiger partial charge in [-0.05, 0) is 24.6 Å². The summed E-state index contributed by atoms with van der Waals surface area (Å²) in [5.41, 5.74) is 1.14. The van der Waals surface area contributed by atoms with Crippen LogP contribution in [0.15, 0.2) is 24.3 Å². The van der Waals surface area contributed by atoms with Crippen LogP contribution in [0.3, 0.4) is 0 Å². The van der Waals surface area contributed by atoms with Gasteiger partial charge in [-0.1, -0.05) is 28.1 Å². The Hall–Kier alpha value is -0.540. The van der Waals surface area contributed by atoms with Gasteiger partial charge in [-0.15, -0.1) is 0 Å². The normalized spacial score (nSPS) is 12.5. The highest BCUT2D eigenvalue weighted by atomic mass is 79.9. The first kappa shape index (κ1) is 11.5. The smallest absolute Gasteiger partial charge is 0.119 e. The van der Waals surface area contributed by atoms with Gasteiger partial charge in [0.25, 0.3) is 0 Å². The SMILES string of the molecule is COc1cccc(C(C)OCCBr)c1. The van der Waals surface area contributed by atoms with Crippen molar-refractivity contribution >= 4 is 15.9 Å². The minimum atomic E-state index is 0.114. The third-order valence-corrected chi connectivity index (χ3v) is 2.33. The molecule has 1 aromatic rings. The second-order valence-electron chi connectivity index (χ2n) is 2.98. The number of hydrogen-bond acceptors (Lipinski definition) is 2. The van der Waals surface area contributed by atoms with E-state index in [0.717, 1.165) is 23.2 Å². The van der Waals surface area contributed by atoms with Crippen molar-refractivity contribution < 1.29 is 9.47 Å². The Balaban J connectivity index is 2.64. The van der Waals surface area contributed by atoms with E-state index in [1.54, 1.807) is 7.11 Å². The van der Waals surface area contributed by atoms with Crippen LogP contribution in [0, 0.1) is 0 Å². The summed E-state index contributed by atoms with van der Waals surface area (Å²) in [5, 5.41) is 0.862. The molecule has 0 fully saturated rings. The largest absolute Gasteiger partial charge is 0.497 e. The maximum absolute atomic E-state index is 5.57. The third kappa shape index (κ3) is 3.31. The molecule has 0 bridgehead atoms. The number of halogens is 1. The van der Waals surface area contributed by atoms with Gasteiger partial charge in [0.05, 0.1) is 19.8 Å². The second kappa shape index (κ2) is 6.04. The van der Waals surface area contributed by atoms with Crippen molar-refractivity contribution in [2.24, 2.45) is 0 Å². The van der Waals surface area contributed by atoms with E-state index in [9.17, 15) is 0 Å². The fourth-order valence-electron chi connectivity index (χ4n) is 1.21. The molecule has 0 radical (unpaired) electrons. The molecule has 0 N–H and O–H groups in total. The Kier molecular flexibility index (Phi) is 4.98. The highest BCUT2D eigenvalue weighted by Gasteiger charge is 2.05. The van der Waals surface area contributed by atoms with E-state index in [4.69, 9.17) is 9.47 Å². The van der Waals surface area contributed by atoms with Gasteiger partial charge in [0.15, 0.2) is 0 Å². The molecular weight excluding hydrogens is 244 g/mol. The molecule has 2 nitrogen and oxygen atoms in total. The number of hydrogen-bond donors (Lipinski definition) is 0. The van der Waals surface area contributed by atoms with Gasteiger partial charge < -0.3 is 9.47 Å². The fraction of sp³-hybridized carbons (Fsp3) is 0.455. The van der Waals surface area contributed by atoms with Gasteiger partial charge in [0.1, 0.15) is 5.75 Å². The second-order valence-corrected chi connectivity index (χ2v) is 3.77. The van der Waals surface area contributed by atoms with Crippen molar-refractivity contribution in [3.63, 3.8) is 0 Å². The minimum absolute atomic E-state index is 0.114. The van der Waals surface area contributed by atoms with Crippen molar-refractivity contribution in [1.82, 2.24) is 0 Å². The van der Waals surface area contributed by atoms with Crippen LogP contribution < -0.4 is 4.74 Å². The molecule has 14 heavy (non-hydrogen) atoms. The summed E-state index contributed by atoms with van der Waals surface area (Å²) >= 11 is 3.33. The van der Waals surface area contributed by atoms with Gasteiger partial charge in [-0.3, -0.25) is 0 Å². The fourth-order valence-corrected chi connectivity index (χ4v) is 1.40. The summed E-state index contributed by atoms with van der Waals surface area (Å²) in [6.45, 7) is 2.76. The molecule has 1 unspecified atom stereocenters. The number of benzene rings is 1. The van der Waals surface area contributed by atoms with Gasteiger partial charge in [-0.25, -0.2) is 0 Å². The average molecular weight is 259 g/mol. The molecule has 0 aliphatic heterocycles. The molecule has 0 heterocycles. The number of ether oxygens (including phenoxy) is 2. The van der Waals surface area contributed by atoms with Crippen LogP contribution in [0.5, 0.6) is 5.75 Å². The molecular formula is C11H15BrO2. The quantitative estimate of drug-likeness (QED) is 0.756. The van der Waals surface area contributed by atoms with E-state index < -0.39 is 0 Å². The van der Waals surface area contributed by atoms with Gasteiger partial charge in [0.2, 0.25) is 0 Å². The summed E-state index contributed by atoms with van der Waals surface area (Å²) in [6, 6.07) is 7.95. The lowest BCUT2D eigenvalue weighted by Gasteiger charge is -2.13. The predicted octanol–water partition coefficient (Wildman–Crippen LogP) is 3.17. The van der Waals surface area contributed by atoms with Crippen molar-refractivity contribution in [2.45, 2.75) is 13.0 Å². The first-order chi connectivity index (χ1) is 6.77. The van der Waals surface area contributed by atoms with Crippen molar-refractivity contribution in [3.8, 4) is 5.75 Å². The van der Waals surface area contributed by atoms with Crippen molar-refractivity contribution in [1.29, 1.82) is 0 Å². The van der Waals surface area contributed by atoms with Gasteiger partial charge in [0, 0.05) is 5.33 Å². The highest BCUT2D eigenvalue weighted by molar-refractivity contribution is 9.09. The number of rotatable bonds is 5. The molecule has 0 saturated carbocycles. The Morgan fingerprint density at radius 3 is 2.86 bits per heavy atom. The lowest BCUT2D eigenvalue weighted by molar-refractivity contribution is 0.0788. The topological polar surface area (TPSA) is 18.5 Å². The molecule has 0 saturated heterocycles. The molecule has 3 heteroatoms. The Morgan fingerprint density at radius 1 is 1.43 bits per heavy atom. The Labute approximate surface area is 93.4 Å². The van der Waals surface area contributed by atoms with E-state index >= 15 is 0 Å². The zero-order valence-corrected chi connectivity index (χ0v) is 10.1. The Morgan fingerprint density at radius 2 is 2.21 bits per heavy atom. The summed E-state index contributed by atoms with van der Waals surface area (Å²) < 4.78 is 10.7. The van der Waals surface area contributed by atoms with Crippen LogP contribution in [-0.4, -0.2) is 19.0 Å². The lowest BCUT2D eigenvalue weighted by atomic mass is 10.1. The monoisotopic (exact) mass is 258 g/mol. The van der Waals surface area contributed by atoms with Gasteiger partial charge >= 0.3 is 0 Å². The van der Waals surface area contributed by atoms with E-state index in [-0.39, 0.29) is 6.10 Å². The maximum Gasteiger partial charge on any atom is 0.119 e. The highest BCUT2D eigenvalue weighted by Crippen LogP contribution is 2.21. The van der Waals surface area contributed by atoms with Crippen molar-refractivity contribution in [2.75, 3.05) is 19.0 Å². The summed E-state index contributed by atoms with van der Waals surface area (Å²) in [5.74, 6) is 0.872. The Bertz CT molecular complexity index is 276. The predicted molar refractivity (Wildman–Crippen MR) is 61.2 cm³/mol. The molecule has 0 aliphatic rings. The number of methoxy groups -OCH3 is 1. The molecule has 0 spiro atoms. The maximum atomic E-state index is 5.57. The zero-order valence-electron chi connectivity index (χ0n) is 8.50. The van der Waals surface area contributed by atoms with E-state index in [0.29, 0.717) is 0 Å². The van der Waals surface area contributed by atoms with E-state index in [1.165, 1.54) is 0 Å². The molecule has 0 amide bonds. The van der Waals surface area contributed by atoms with Crippen LogP contribution in [0.25, 0.3) is 0 Å².